The summed E-state index contributed by atoms with van der Waals surface area (Å²) in [4.78, 5) is 26.7. The predicted octanol–water partition coefficient (Wildman–Crippen LogP) is 4.45. The molecule has 0 aliphatic carbocycles. The minimum Gasteiger partial charge on any atom is -0.465 e. The smallest absolute Gasteiger partial charge is 0.338 e. The third kappa shape index (κ3) is 4.05. The molecule has 1 aliphatic rings. The monoisotopic (exact) mass is 389 g/mol. The molecule has 1 amide bonds. The number of nitrogens with zero attached hydrogens (tertiary/aromatic N) is 1. The number of methoxy groups -OCH3 is 1. The van der Waals surface area contributed by atoms with Gasteiger partial charge in [-0.2, -0.15) is 11.8 Å². The first-order valence-electron chi connectivity index (χ1n) is 8.44. The number of carbonyl (C=O) groups excluding carboxylic acids is 2. The maximum atomic E-state index is 13.0. The number of rotatable bonds is 3. The van der Waals surface area contributed by atoms with Crippen molar-refractivity contribution in [1.82, 2.24) is 4.90 Å². The summed E-state index contributed by atoms with van der Waals surface area (Å²) in [5.41, 5.74) is 1.81. The SMILES string of the molecule is COC(=O)c1ccccc1C(=O)N1CCS[C@@H](c2ccccc2Cl)CC1. The van der Waals surface area contributed by atoms with Gasteiger partial charge < -0.3 is 9.64 Å². The van der Waals surface area contributed by atoms with Crippen LogP contribution in [0.4, 0.5) is 0 Å². The Morgan fingerprint density at radius 2 is 1.77 bits per heavy atom. The average Bonchev–Trinajstić information content (AvgIpc) is 2.93. The number of thioether (sulfide) groups is 1. The second-order valence-electron chi connectivity index (χ2n) is 6.00. The second-order valence-corrected chi connectivity index (χ2v) is 7.72. The van der Waals surface area contributed by atoms with Gasteiger partial charge in [-0.15, -0.1) is 0 Å². The van der Waals surface area contributed by atoms with E-state index in [1.54, 1.807) is 24.3 Å². The van der Waals surface area contributed by atoms with Crippen LogP contribution >= 0.6 is 23.4 Å². The molecule has 6 heteroatoms. The summed E-state index contributed by atoms with van der Waals surface area (Å²) in [6.45, 7) is 1.26. The largest absolute Gasteiger partial charge is 0.465 e. The van der Waals surface area contributed by atoms with Crippen molar-refractivity contribution in [3.8, 4) is 0 Å². The maximum absolute atomic E-state index is 13.0. The highest BCUT2D eigenvalue weighted by atomic mass is 35.5. The van der Waals surface area contributed by atoms with Crippen molar-refractivity contribution in [2.24, 2.45) is 0 Å². The lowest BCUT2D eigenvalue weighted by molar-refractivity contribution is 0.0590. The van der Waals surface area contributed by atoms with E-state index in [1.165, 1.54) is 7.11 Å². The lowest BCUT2D eigenvalue weighted by Crippen LogP contribution is -2.34. The van der Waals surface area contributed by atoms with Gasteiger partial charge in [-0.3, -0.25) is 4.79 Å². The fraction of sp³-hybridized carbons (Fsp3) is 0.300. The fourth-order valence-electron chi connectivity index (χ4n) is 3.09. The summed E-state index contributed by atoms with van der Waals surface area (Å²) in [7, 11) is 1.32. The molecular formula is C20H20ClNO3S. The number of amides is 1. The molecule has 3 rings (SSSR count). The summed E-state index contributed by atoms with van der Waals surface area (Å²) in [6, 6.07) is 14.7. The zero-order valence-corrected chi connectivity index (χ0v) is 16.1. The molecule has 1 atom stereocenters. The second kappa shape index (κ2) is 8.60. The number of halogens is 1. The highest BCUT2D eigenvalue weighted by Gasteiger charge is 2.26. The van der Waals surface area contributed by atoms with Crippen LogP contribution in [-0.2, 0) is 4.74 Å². The van der Waals surface area contributed by atoms with Crippen LogP contribution in [-0.4, -0.2) is 42.7 Å². The van der Waals surface area contributed by atoms with E-state index >= 15 is 0 Å². The minimum absolute atomic E-state index is 0.133. The molecule has 1 fully saturated rings. The van der Waals surface area contributed by atoms with Gasteiger partial charge in [0, 0.05) is 29.1 Å². The normalized spacial score (nSPS) is 17.5. The number of benzene rings is 2. The highest BCUT2D eigenvalue weighted by Crippen LogP contribution is 2.38. The lowest BCUT2D eigenvalue weighted by atomic mass is 10.1. The summed E-state index contributed by atoms with van der Waals surface area (Å²) in [6.07, 6.45) is 0.820. The first kappa shape index (κ1) is 18.8. The molecule has 26 heavy (non-hydrogen) atoms. The molecular weight excluding hydrogens is 370 g/mol. The molecule has 1 heterocycles. The van der Waals surface area contributed by atoms with Crippen LogP contribution in [0, 0.1) is 0 Å². The van der Waals surface area contributed by atoms with Crippen molar-refractivity contribution < 1.29 is 14.3 Å². The van der Waals surface area contributed by atoms with Gasteiger partial charge in [0.25, 0.3) is 5.91 Å². The predicted molar refractivity (Wildman–Crippen MR) is 105 cm³/mol. The molecule has 0 saturated carbocycles. The van der Waals surface area contributed by atoms with E-state index in [0.29, 0.717) is 24.2 Å². The highest BCUT2D eigenvalue weighted by molar-refractivity contribution is 7.99. The Bertz CT molecular complexity index is 811. The van der Waals surface area contributed by atoms with E-state index in [2.05, 4.69) is 0 Å². The van der Waals surface area contributed by atoms with E-state index in [0.717, 1.165) is 22.8 Å². The Kier molecular flexibility index (Phi) is 6.22. The maximum Gasteiger partial charge on any atom is 0.338 e. The van der Waals surface area contributed by atoms with E-state index in [9.17, 15) is 9.59 Å². The van der Waals surface area contributed by atoms with Crippen LogP contribution in [0.1, 0.15) is 38.0 Å². The zero-order valence-electron chi connectivity index (χ0n) is 14.5. The molecule has 2 aromatic rings. The standard InChI is InChI=1S/C20H20ClNO3S/c1-25-20(24)15-7-3-2-6-14(15)19(23)22-11-10-18(26-13-12-22)16-8-4-5-9-17(16)21/h2-9,18H,10-13H2,1H3/t18-/m1/s1. The summed E-state index contributed by atoms with van der Waals surface area (Å²) >= 11 is 8.14. The minimum atomic E-state index is -0.493. The Morgan fingerprint density at radius 3 is 2.50 bits per heavy atom. The molecule has 0 aromatic heterocycles. The van der Waals surface area contributed by atoms with E-state index < -0.39 is 5.97 Å². The van der Waals surface area contributed by atoms with Gasteiger partial charge in [-0.1, -0.05) is 41.9 Å². The summed E-state index contributed by atoms with van der Waals surface area (Å²) in [5, 5.41) is 1.03. The van der Waals surface area contributed by atoms with Gasteiger partial charge in [-0.05, 0) is 30.2 Å². The van der Waals surface area contributed by atoms with Gasteiger partial charge >= 0.3 is 5.97 Å². The third-order valence-corrected chi connectivity index (χ3v) is 6.10. The van der Waals surface area contributed by atoms with Crippen molar-refractivity contribution in [2.45, 2.75) is 11.7 Å². The van der Waals surface area contributed by atoms with Crippen LogP contribution < -0.4 is 0 Å². The van der Waals surface area contributed by atoms with E-state index in [4.69, 9.17) is 16.3 Å². The van der Waals surface area contributed by atoms with Gasteiger partial charge in [-0.25, -0.2) is 4.79 Å². The fourth-order valence-corrected chi connectivity index (χ4v) is 4.69. The summed E-state index contributed by atoms with van der Waals surface area (Å²) < 4.78 is 4.80. The molecule has 1 aliphatic heterocycles. The van der Waals surface area contributed by atoms with Crippen molar-refractivity contribution in [3.63, 3.8) is 0 Å². The van der Waals surface area contributed by atoms with Crippen LogP contribution in [0.25, 0.3) is 0 Å². The van der Waals surface area contributed by atoms with Crippen LogP contribution in [0.3, 0.4) is 0 Å². The molecule has 0 radical (unpaired) electrons. The number of hydrogen-bond acceptors (Lipinski definition) is 4. The van der Waals surface area contributed by atoms with Crippen LogP contribution in [0.2, 0.25) is 5.02 Å². The number of esters is 1. The number of carbonyl (C=O) groups is 2. The van der Waals surface area contributed by atoms with E-state index in [1.807, 2.05) is 40.9 Å². The van der Waals surface area contributed by atoms with Gasteiger partial charge in [0.05, 0.1) is 18.2 Å². The molecule has 1 saturated heterocycles. The molecule has 0 bridgehead atoms. The zero-order chi connectivity index (χ0) is 18.5. The van der Waals surface area contributed by atoms with Crippen LogP contribution in [0.5, 0.6) is 0 Å². The lowest BCUT2D eigenvalue weighted by Gasteiger charge is -2.21. The Morgan fingerprint density at radius 1 is 1.08 bits per heavy atom. The van der Waals surface area contributed by atoms with E-state index in [-0.39, 0.29) is 11.2 Å². The van der Waals surface area contributed by atoms with Crippen molar-refractivity contribution >= 4 is 35.2 Å². The van der Waals surface area contributed by atoms with Crippen molar-refractivity contribution in [1.29, 1.82) is 0 Å². The summed E-state index contributed by atoms with van der Waals surface area (Å²) in [5.74, 6) is 0.195. The van der Waals surface area contributed by atoms with Gasteiger partial charge in [0.15, 0.2) is 0 Å². The van der Waals surface area contributed by atoms with Crippen molar-refractivity contribution in [2.75, 3.05) is 26.0 Å². The number of hydrogen-bond donors (Lipinski definition) is 0. The molecule has 0 spiro atoms. The Labute approximate surface area is 162 Å². The van der Waals surface area contributed by atoms with Gasteiger partial charge in [0.1, 0.15) is 0 Å². The Hall–Kier alpha value is -1.98. The Balaban J connectivity index is 1.77. The van der Waals surface area contributed by atoms with Crippen LogP contribution in [0.15, 0.2) is 48.5 Å². The molecule has 0 N–H and O–H groups in total. The molecule has 2 aromatic carbocycles. The molecule has 136 valence electrons. The first-order chi connectivity index (χ1) is 12.6. The quantitative estimate of drug-likeness (QED) is 0.728. The topological polar surface area (TPSA) is 46.6 Å². The number of ether oxygens (including phenoxy) is 1. The third-order valence-electron chi connectivity index (χ3n) is 4.44. The first-order valence-corrected chi connectivity index (χ1v) is 9.87. The average molecular weight is 390 g/mol. The van der Waals surface area contributed by atoms with Gasteiger partial charge in [0.2, 0.25) is 0 Å². The molecule has 4 nitrogen and oxygen atoms in total. The molecule has 0 unspecified atom stereocenters. The van der Waals surface area contributed by atoms with Crippen molar-refractivity contribution in [3.05, 3.63) is 70.2 Å².